The van der Waals surface area contributed by atoms with Crippen molar-refractivity contribution in [2.75, 3.05) is 12.8 Å². The van der Waals surface area contributed by atoms with Gasteiger partial charge in [0.1, 0.15) is 23.9 Å². The Kier molecular flexibility index (Phi) is 6.02. The molecule has 1 heterocycles. The quantitative estimate of drug-likeness (QED) is 0.587. The molecule has 2 rings (SSSR count). The molecular weight excluding hydrogens is 270 g/mol. The molecule has 3 nitrogen and oxygen atoms in total. The van der Waals surface area contributed by atoms with Crippen LogP contribution in [0.2, 0.25) is 0 Å². The number of ether oxygens (including phenoxy) is 1. The molecule has 0 fully saturated rings. The second-order valence-electron chi connectivity index (χ2n) is 4.51. The van der Waals surface area contributed by atoms with E-state index in [1.807, 2.05) is 24.3 Å². The molecule has 0 bridgehead atoms. The molecule has 0 aliphatic rings. The van der Waals surface area contributed by atoms with Crippen molar-refractivity contribution in [3.63, 3.8) is 0 Å². The lowest BCUT2D eigenvalue weighted by molar-refractivity contribution is 0.265. The molecule has 2 aromatic rings. The van der Waals surface area contributed by atoms with Crippen LogP contribution in [0.15, 0.2) is 45.7 Å². The first kappa shape index (κ1) is 15.0. The van der Waals surface area contributed by atoms with E-state index in [1.54, 1.807) is 11.8 Å². The van der Waals surface area contributed by atoms with Crippen LogP contribution in [0.5, 0.6) is 5.75 Å². The molecule has 0 saturated carbocycles. The Bertz CT molecular complexity index is 507. The van der Waals surface area contributed by atoms with Gasteiger partial charge in [0.25, 0.3) is 0 Å². The summed E-state index contributed by atoms with van der Waals surface area (Å²) in [4.78, 5) is 1.24. The normalized spacial score (nSPS) is 10.7. The van der Waals surface area contributed by atoms with E-state index in [9.17, 15) is 0 Å². The Balaban J connectivity index is 1.81. The predicted molar refractivity (Wildman–Crippen MR) is 83.3 cm³/mol. The summed E-state index contributed by atoms with van der Waals surface area (Å²) in [6.45, 7) is 4.40. The van der Waals surface area contributed by atoms with Crippen molar-refractivity contribution < 1.29 is 9.15 Å². The first-order valence-electron chi connectivity index (χ1n) is 6.87. The van der Waals surface area contributed by atoms with Gasteiger partial charge < -0.3 is 14.5 Å². The highest BCUT2D eigenvalue weighted by atomic mass is 32.2. The van der Waals surface area contributed by atoms with E-state index in [4.69, 9.17) is 9.15 Å². The summed E-state index contributed by atoms with van der Waals surface area (Å²) in [6, 6.07) is 12.1. The first-order chi connectivity index (χ1) is 9.81. The number of nitrogens with one attached hydrogen (secondary N) is 1. The minimum atomic E-state index is 0.465. The number of rotatable bonds is 8. The fourth-order valence-electron chi connectivity index (χ4n) is 1.81. The van der Waals surface area contributed by atoms with Gasteiger partial charge in [-0.05, 0) is 55.6 Å². The van der Waals surface area contributed by atoms with Crippen LogP contribution in [-0.4, -0.2) is 12.8 Å². The molecule has 1 N–H and O–H groups in total. The van der Waals surface area contributed by atoms with Crippen LogP contribution in [0.3, 0.4) is 0 Å². The van der Waals surface area contributed by atoms with Crippen LogP contribution in [0.25, 0.3) is 0 Å². The van der Waals surface area contributed by atoms with Crippen molar-refractivity contribution in [1.82, 2.24) is 5.32 Å². The summed E-state index contributed by atoms with van der Waals surface area (Å²) in [5.41, 5.74) is 0. The smallest absolute Gasteiger partial charge is 0.146 e. The summed E-state index contributed by atoms with van der Waals surface area (Å²) in [5, 5.41) is 3.31. The van der Waals surface area contributed by atoms with Crippen molar-refractivity contribution >= 4 is 11.8 Å². The van der Waals surface area contributed by atoms with Gasteiger partial charge in [-0.1, -0.05) is 6.92 Å². The maximum Gasteiger partial charge on any atom is 0.146 e. The largest absolute Gasteiger partial charge is 0.486 e. The van der Waals surface area contributed by atoms with Crippen LogP contribution in [-0.2, 0) is 13.2 Å². The Morgan fingerprint density at radius 3 is 2.55 bits per heavy atom. The maximum absolute atomic E-state index is 5.71. The maximum atomic E-state index is 5.71. The van der Waals surface area contributed by atoms with E-state index in [0.717, 1.165) is 36.8 Å². The average Bonchev–Trinajstić information content (AvgIpc) is 2.94. The molecule has 0 aliphatic carbocycles. The van der Waals surface area contributed by atoms with Gasteiger partial charge in [0.05, 0.1) is 6.54 Å². The lowest BCUT2D eigenvalue weighted by atomic mass is 10.3. The van der Waals surface area contributed by atoms with Gasteiger partial charge >= 0.3 is 0 Å². The zero-order chi connectivity index (χ0) is 14.2. The van der Waals surface area contributed by atoms with Gasteiger partial charge in [0.2, 0.25) is 0 Å². The van der Waals surface area contributed by atoms with Gasteiger partial charge in [0, 0.05) is 4.90 Å². The molecule has 4 heteroatoms. The van der Waals surface area contributed by atoms with Crippen LogP contribution < -0.4 is 10.1 Å². The Hall–Kier alpha value is -1.39. The molecule has 0 unspecified atom stereocenters. The third-order valence-corrected chi connectivity index (χ3v) is 3.63. The molecule has 1 aromatic heterocycles. The zero-order valence-electron chi connectivity index (χ0n) is 12.0. The average molecular weight is 291 g/mol. The molecule has 1 aromatic carbocycles. The fourth-order valence-corrected chi connectivity index (χ4v) is 2.22. The van der Waals surface area contributed by atoms with Gasteiger partial charge in [-0.25, -0.2) is 0 Å². The van der Waals surface area contributed by atoms with Crippen molar-refractivity contribution in [2.24, 2.45) is 0 Å². The van der Waals surface area contributed by atoms with Gasteiger partial charge in [-0.2, -0.15) is 0 Å². The summed E-state index contributed by atoms with van der Waals surface area (Å²) in [6.07, 6.45) is 3.19. The highest BCUT2D eigenvalue weighted by Crippen LogP contribution is 2.20. The SMILES string of the molecule is CCCNCc1ccc(COc2ccc(SC)cc2)o1. The van der Waals surface area contributed by atoms with Gasteiger partial charge in [0.15, 0.2) is 0 Å². The molecule has 0 saturated heterocycles. The molecule has 0 spiro atoms. The number of furan rings is 1. The molecule has 0 aliphatic heterocycles. The highest BCUT2D eigenvalue weighted by molar-refractivity contribution is 7.98. The predicted octanol–water partition coefficient (Wildman–Crippen LogP) is 4.08. The Labute approximate surface area is 124 Å². The molecule has 0 amide bonds. The molecule has 108 valence electrons. The molecule has 0 radical (unpaired) electrons. The standard InChI is InChI=1S/C16H21NO2S/c1-3-10-17-11-14-4-5-15(19-14)12-18-13-6-8-16(20-2)9-7-13/h4-9,17H,3,10-12H2,1-2H3. The van der Waals surface area contributed by atoms with E-state index in [2.05, 4.69) is 30.6 Å². The Morgan fingerprint density at radius 2 is 1.85 bits per heavy atom. The van der Waals surface area contributed by atoms with Crippen LogP contribution >= 0.6 is 11.8 Å². The molecule has 20 heavy (non-hydrogen) atoms. The van der Waals surface area contributed by atoms with Crippen molar-refractivity contribution in [3.8, 4) is 5.75 Å². The zero-order valence-corrected chi connectivity index (χ0v) is 12.8. The molecule has 0 atom stereocenters. The van der Waals surface area contributed by atoms with E-state index in [1.165, 1.54) is 4.90 Å². The lowest BCUT2D eigenvalue weighted by Crippen LogP contribution is -2.13. The van der Waals surface area contributed by atoms with Gasteiger partial charge in [-0.3, -0.25) is 0 Å². The topological polar surface area (TPSA) is 34.4 Å². The summed E-state index contributed by atoms with van der Waals surface area (Å²) in [5.74, 6) is 2.67. The number of benzene rings is 1. The van der Waals surface area contributed by atoms with Crippen LogP contribution in [0.1, 0.15) is 24.9 Å². The van der Waals surface area contributed by atoms with E-state index >= 15 is 0 Å². The number of hydrogen-bond acceptors (Lipinski definition) is 4. The second-order valence-corrected chi connectivity index (χ2v) is 5.39. The highest BCUT2D eigenvalue weighted by Gasteiger charge is 2.03. The third-order valence-electron chi connectivity index (χ3n) is 2.88. The second kappa shape index (κ2) is 8.02. The van der Waals surface area contributed by atoms with Crippen molar-refractivity contribution in [2.45, 2.75) is 31.4 Å². The number of hydrogen-bond donors (Lipinski definition) is 1. The first-order valence-corrected chi connectivity index (χ1v) is 8.09. The van der Waals surface area contributed by atoms with Crippen LogP contribution in [0, 0.1) is 0 Å². The summed E-state index contributed by atoms with van der Waals surface area (Å²) >= 11 is 1.72. The third kappa shape index (κ3) is 4.62. The minimum absolute atomic E-state index is 0.465. The van der Waals surface area contributed by atoms with Crippen molar-refractivity contribution in [1.29, 1.82) is 0 Å². The monoisotopic (exact) mass is 291 g/mol. The number of thioether (sulfide) groups is 1. The van der Waals surface area contributed by atoms with Gasteiger partial charge in [-0.15, -0.1) is 11.8 Å². The van der Waals surface area contributed by atoms with E-state index in [-0.39, 0.29) is 0 Å². The molecular formula is C16H21NO2S. The fraction of sp³-hybridized carbons (Fsp3) is 0.375. The van der Waals surface area contributed by atoms with Crippen molar-refractivity contribution in [3.05, 3.63) is 47.9 Å². The lowest BCUT2D eigenvalue weighted by Gasteiger charge is -2.05. The Morgan fingerprint density at radius 1 is 1.10 bits per heavy atom. The summed E-state index contributed by atoms with van der Waals surface area (Å²) in [7, 11) is 0. The van der Waals surface area contributed by atoms with E-state index < -0.39 is 0 Å². The van der Waals surface area contributed by atoms with Crippen LogP contribution in [0.4, 0.5) is 0 Å². The summed E-state index contributed by atoms with van der Waals surface area (Å²) < 4.78 is 11.4. The minimum Gasteiger partial charge on any atom is -0.486 e. The van der Waals surface area contributed by atoms with E-state index in [0.29, 0.717) is 6.61 Å².